The molecule has 1 saturated carbocycles. The number of hydrogen-bond acceptors (Lipinski definition) is 3. The molecule has 1 amide bonds. The highest BCUT2D eigenvalue weighted by molar-refractivity contribution is 5.82. The zero-order valence-corrected chi connectivity index (χ0v) is 12.3. The average molecular weight is 283 g/mol. The maximum Gasteiger partial charge on any atom is 0.308 e. The number of aliphatic hydroxyl groups excluding tert-OH is 1. The van der Waals surface area contributed by atoms with E-state index in [1.54, 1.807) is 4.90 Å². The number of carboxylic acid groups (broad SMARTS) is 1. The maximum absolute atomic E-state index is 12.4. The Morgan fingerprint density at radius 1 is 1.20 bits per heavy atom. The summed E-state index contributed by atoms with van der Waals surface area (Å²) in [4.78, 5) is 25.5. The first-order chi connectivity index (χ1) is 9.43. The molecule has 5 atom stereocenters. The van der Waals surface area contributed by atoms with Crippen LogP contribution in [0.3, 0.4) is 0 Å². The fourth-order valence-corrected chi connectivity index (χ4v) is 3.91. The number of aliphatic hydroxyl groups is 1. The van der Waals surface area contributed by atoms with Gasteiger partial charge in [-0.3, -0.25) is 9.59 Å². The molecule has 114 valence electrons. The Hall–Kier alpha value is -1.10. The fourth-order valence-electron chi connectivity index (χ4n) is 3.91. The largest absolute Gasteiger partial charge is 0.481 e. The number of aliphatic carboxylic acids is 1. The van der Waals surface area contributed by atoms with Crippen molar-refractivity contribution in [3.05, 3.63) is 0 Å². The van der Waals surface area contributed by atoms with Crippen molar-refractivity contribution >= 4 is 11.9 Å². The van der Waals surface area contributed by atoms with Gasteiger partial charge in [0.2, 0.25) is 5.91 Å². The highest BCUT2D eigenvalue weighted by Crippen LogP contribution is 2.34. The lowest BCUT2D eigenvalue weighted by atomic mass is 9.79. The van der Waals surface area contributed by atoms with E-state index in [2.05, 4.69) is 0 Å². The Bertz CT molecular complexity index is 384. The van der Waals surface area contributed by atoms with E-state index in [-0.39, 0.29) is 30.3 Å². The second kappa shape index (κ2) is 6.12. The van der Waals surface area contributed by atoms with E-state index >= 15 is 0 Å². The predicted molar refractivity (Wildman–Crippen MR) is 74.1 cm³/mol. The first-order valence-electron chi connectivity index (χ1n) is 7.65. The summed E-state index contributed by atoms with van der Waals surface area (Å²) in [7, 11) is 0. The van der Waals surface area contributed by atoms with Crippen LogP contribution in [0.1, 0.15) is 52.4 Å². The molecule has 1 saturated heterocycles. The highest BCUT2D eigenvalue weighted by Gasteiger charge is 2.45. The van der Waals surface area contributed by atoms with E-state index in [9.17, 15) is 19.8 Å². The van der Waals surface area contributed by atoms with Crippen LogP contribution in [-0.4, -0.2) is 45.2 Å². The topological polar surface area (TPSA) is 77.8 Å². The van der Waals surface area contributed by atoms with Gasteiger partial charge >= 0.3 is 5.97 Å². The first kappa shape index (κ1) is 15.3. The standard InChI is InChI=1S/C15H25NO4/c1-9-8-13(18)16(10(2)14(9)15(19)20)11-6-4-3-5-7-12(11)17/h9-12,14,17H,3-8H2,1-2H3,(H,19,20). The van der Waals surface area contributed by atoms with E-state index in [1.807, 2.05) is 13.8 Å². The molecule has 1 aliphatic heterocycles. The minimum absolute atomic E-state index is 0.00606. The number of amides is 1. The average Bonchev–Trinajstić information content (AvgIpc) is 2.54. The molecule has 5 unspecified atom stereocenters. The van der Waals surface area contributed by atoms with E-state index in [0.29, 0.717) is 6.42 Å². The number of carbonyl (C=O) groups excluding carboxylic acids is 1. The van der Waals surface area contributed by atoms with Crippen LogP contribution in [0.15, 0.2) is 0 Å². The van der Waals surface area contributed by atoms with Crippen LogP contribution in [0, 0.1) is 11.8 Å². The molecule has 0 aromatic rings. The summed E-state index contributed by atoms with van der Waals surface area (Å²) in [5.74, 6) is -1.53. The Kier molecular flexibility index (Phi) is 4.68. The molecule has 20 heavy (non-hydrogen) atoms. The number of carboxylic acids is 1. The van der Waals surface area contributed by atoms with Crippen LogP contribution in [-0.2, 0) is 9.59 Å². The van der Waals surface area contributed by atoms with Gasteiger partial charge in [0, 0.05) is 12.5 Å². The van der Waals surface area contributed by atoms with Crippen molar-refractivity contribution in [1.82, 2.24) is 4.90 Å². The third-order valence-electron chi connectivity index (χ3n) is 4.94. The van der Waals surface area contributed by atoms with Gasteiger partial charge in [0.1, 0.15) is 0 Å². The van der Waals surface area contributed by atoms with Gasteiger partial charge in [0.05, 0.1) is 18.1 Å². The highest BCUT2D eigenvalue weighted by atomic mass is 16.4. The van der Waals surface area contributed by atoms with Crippen molar-refractivity contribution in [2.24, 2.45) is 11.8 Å². The number of hydrogen-bond donors (Lipinski definition) is 2. The van der Waals surface area contributed by atoms with Gasteiger partial charge in [-0.2, -0.15) is 0 Å². The summed E-state index contributed by atoms with van der Waals surface area (Å²) in [6, 6.07) is -0.559. The summed E-state index contributed by atoms with van der Waals surface area (Å²) >= 11 is 0. The third kappa shape index (κ3) is 2.82. The maximum atomic E-state index is 12.4. The van der Waals surface area contributed by atoms with Gasteiger partial charge in [-0.15, -0.1) is 0 Å². The van der Waals surface area contributed by atoms with E-state index in [4.69, 9.17) is 0 Å². The Labute approximate surface area is 120 Å². The predicted octanol–water partition coefficient (Wildman–Crippen LogP) is 1.64. The number of nitrogens with zero attached hydrogens (tertiary/aromatic N) is 1. The molecule has 0 aromatic heterocycles. The van der Waals surface area contributed by atoms with Gasteiger partial charge in [-0.1, -0.05) is 26.2 Å². The van der Waals surface area contributed by atoms with Crippen LogP contribution < -0.4 is 0 Å². The molecular weight excluding hydrogens is 258 g/mol. The van der Waals surface area contributed by atoms with Crippen LogP contribution in [0.5, 0.6) is 0 Å². The molecule has 0 bridgehead atoms. The minimum atomic E-state index is -0.842. The number of rotatable bonds is 2. The smallest absolute Gasteiger partial charge is 0.308 e. The molecule has 0 spiro atoms. The molecule has 5 heteroatoms. The van der Waals surface area contributed by atoms with Crippen molar-refractivity contribution in [1.29, 1.82) is 0 Å². The van der Waals surface area contributed by atoms with E-state index in [1.165, 1.54) is 0 Å². The summed E-state index contributed by atoms with van der Waals surface area (Å²) in [5.41, 5.74) is 0. The Morgan fingerprint density at radius 3 is 2.50 bits per heavy atom. The van der Waals surface area contributed by atoms with Crippen molar-refractivity contribution < 1.29 is 19.8 Å². The van der Waals surface area contributed by atoms with Gasteiger partial charge < -0.3 is 15.1 Å². The van der Waals surface area contributed by atoms with Gasteiger partial charge in [-0.25, -0.2) is 0 Å². The van der Waals surface area contributed by atoms with Crippen LogP contribution in [0.4, 0.5) is 0 Å². The van der Waals surface area contributed by atoms with Crippen LogP contribution in [0.25, 0.3) is 0 Å². The molecule has 2 aliphatic rings. The van der Waals surface area contributed by atoms with Gasteiger partial charge in [0.15, 0.2) is 0 Å². The van der Waals surface area contributed by atoms with Gasteiger partial charge in [0.25, 0.3) is 0 Å². The number of piperidine rings is 1. The number of likely N-dealkylation sites (tertiary alicyclic amines) is 1. The summed E-state index contributed by atoms with van der Waals surface area (Å²) in [6.45, 7) is 3.64. The first-order valence-corrected chi connectivity index (χ1v) is 7.65. The normalized spacial score (nSPS) is 39.5. The molecule has 2 fully saturated rings. The summed E-state index contributed by atoms with van der Waals surface area (Å²) < 4.78 is 0. The van der Waals surface area contributed by atoms with E-state index in [0.717, 1.165) is 25.7 Å². The molecule has 2 N–H and O–H groups in total. The molecular formula is C15H25NO4. The molecule has 0 aromatic carbocycles. The second-order valence-corrected chi connectivity index (χ2v) is 6.36. The van der Waals surface area contributed by atoms with Crippen molar-refractivity contribution in [3.8, 4) is 0 Å². The minimum Gasteiger partial charge on any atom is -0.481 e. The molecule has 5 nitrogen and oxygen atoms in total. The molecule has 1 aliphatic carbocycles. The Morgan fingerprint density at radius 2 is 1.85 bits per heavy atom. The summed E-state index contributed by atoms with van der Waals surface area (Å²) in [5, 5.41) is 19.7. The van der Waals surface area contributed by atoms with Crippen molar-refractivity contribution in [2.75, 3.05) is 0 Å². The molecule has 0 radical (unpaired) electrons. The fraction of sp³-hybridized carbons (Fsp3) is 0.867. The third-order valence-corrected chi connectivity index (χ3v) is 4.94. The second-order valence-electron chi connectivity index (χ2n) is 6.36. The quantitative estimate of drug-likeness (QED) is 0.755. The summed E-state index contributed by atoms with van der Waals surface area (Å²) in [6.07, 6.45) is 4.27. The lowest BCUT2D eigenvalue weighted by Crippen LogP contribution is -2.59. The molecule has 2 rings (SSSR count). The zero-order chi connectivity index (χ0) is 14.9. The van der Waals surface area contributed by atoms with Crippen LogP contribution >= 0.6 is 0 Å². The lowest BCUT2D eigenvalue weighted by molar-refractivity contribution is -0.159. The monoisotopic (exact) mass is 283 g/mol. The zero-order valence-electron chi connectivity index (χ0n) is 12.3. The van der Waals surface area contributed by atoms with Gasteiger partial charge in [-0.05, 0) is 25.7 Å². The molecule has 1 heterocycles. The number of carbonyl (C=O) groups is 2. The Balaban J connectivity index is 2.23. The SMILES string of the molecule is CC1CC(=O)N(C2CCCCCC2O)C(C)C1C(=O)O. The van der Waals surface area contributed by atoms with Crippen LogP contribution in [0.2, 0.25) is 0 Å². The van der Waals surface area contributed by atoms with E-state index < -0.39 is 18.0 Å². The van der Waals surface area contributed by atoms with Crippen molar-refractivity contribution in [3.63, 3.8) is 0 Å². The van der Waals surface area contributed by atoms with Crippen molar-refractivity contribution in [2.45, 2.75) is 70.6 Å². The lowest BCUT2D eigenvalue weighted by Gasteiger charge is -2.46.